The Kier molecular flexibility index (Phi) is 4.70. The Balaban J connectivity index is 1.96. The second-order valence-electron chi connectivity index (χ2n) is 6.46. The van der Waals surface area contributed by atoms with E-state index < -0.39 is 11.6 Å². The summed E-state index contributed by atoms with van der Waals surface area (Å²) >= 11 is 3.37. The highest BCUT2D eigenvalue weighted by atomic mass is 79.9. The third-order valence-corrected chi connectivity index (χ3v) is 3.84. The Bertz CT molecular complexity index is 635. The summed E-state index contributed by atoms with van der Waals surface area (Å²) in [4.78, 5) is 22.4. The minimum Gasteiger partial charge on any atom is -0.377 e. The highest BCUT2D eigenvalue weighted by molar-refractivity contribution is 9.10. The molecule has 0 radical (unpaired) electrons. The van der Waals surface area contributed by atoms with E-state index in [0.29, 0.717) is 6.42 Å². The maximum Gasteiger partial charge on any atom is 0.381 e. The summed E-state index contributed by atoms with van der Waals surface area (Å²) in [6.07, 6.45) is 1.88. The van der Waals surface area contributed by atoms with Crippen LogP contribution in [0.2, 0.25) is 0 Å². The largest absolute Gasteiger partial charge is 0.381 e. The van der Waals surface area contributed by atoms with Crippen LogP contribution in [0.5, 0.6) is 0 Å². The third kappa shape index (κ3) is 3.94. The van der Waals surface area contributed by atoms with Crippen molar-refractivity contribution in [2.45, 2.75) is 39.7 Å². The van der Waals surface area contributed by atoms with Crippen molar-refractivity contribution in [3.63, 3.8) is 0 Å². The predicted octanol–water partition coefficient (Wildman–Crippen LogP) is 3.91. The summed E-state index contributed by atoms with van der Waals surface area (Å²) in [5.41, 5.74) is 0.406. The van der Waals surface area contributed by atoms with Crippen molar-refractivity contribution in [3.8, 4) is 0 Å². The normalized spacial score (nSPS) is 21.6. The third-order valence-electron chi connectivity index (χ3n) is 3.35. The number of nitrogens with zero attached hydrogens (tertiary/aromatic N) is 2. The maximum absolute atomic E-state index is 12.2. The van der Waals surface area contributed by atoms with Gasteiger partial charge < -0.3 is 9.68 Å². The van der Waals surface area contributed by atoms with Crippen LogP contribution in [0.3, 0.4) is 0 Å². The van der Waals surface area contributed by atoms with Crippen LogP contribution in [-0.2, 0) is 14.5 Å². The molecule has 0 bridgehead atoms. The number of rotatable bonds is 3. The summed E-state index contributed by atoms with van der Waals surface area (Å²) in [5, 5.41) is 7.75. The van der Waals surface area contributed by atoms with E-state index in [4.69, 9.17) is 9.68 Å². The molecule has 1 heterocycles. The van der Waals surface area contributed by atoms with Gasteiger partial charge in [0.05, 0.1) is 11.9 Å². The van der Waals surface area contributed by atoms with Crippen molar-refractivity contribution in [2.75, 3.05) is 0 Å². The van der Waals surface area contributed by atoms with Gasteiger partial charge in [-0.05, 0) is 24.6 Å². The topological polar surface area (TPSA) is 60.2 Å². The molecule has 118 valence electrons. The van der Waals surface area contributed by atoms with E-state index in [1.165, 1.54) is 6.21 Å². The number of oxime groups is 2. The van der Waals surface area contributed by atoms with Crippen LogP contribution in [0, 0.1) is 5.41 Å². The molecule has 1 unspecified atom stereocenters. The van der Waals surface area contributed by atoms with Crippen LogP contribution < -0.4 is 0 Å². The van der Waals surface area contributed by atoms with Gasteiger partial charge in [-0.25, -0.2) is 4.79 Å². The first-order valence-corrected chi connectivity index (χ1v) is 7.76. The molecule has 0 amide bonds. The van der Waals surface area contributed by atoms with E-state index in [1.54, 1.807) is 6.92 Å². The molecule has 1 aromatic carbocycles. The van der Waals surface area contributed by atoms with Gasteiger partial charge >= 0.3 is 5.97 Å². The average Bonchev–Trinajstić information content (AvgIpc) is 2.83. The van der Waals surface area contributed by atoms with Crippen molar-refractivity contribution >= 4 is 33.8 Å². The molecule has 5 nitrogen and oxygen atoms in total. The molecule has 0 saturated carbocycles. The van der Waals surface area contributed by atoms with E-state index in [9.17, 15) is 4.79 Å². The molecule has 1 aromatic rings. The summed E-state index contributed by atoms with van der Waals surface area (Å²) in [5.74, 6) is -0.554. The molecule has 1 atom stereocenters. The molecule has 0 aromatic heterocycles. The fourth-order valence-corrected chi connectivity index (χ4v) is 2.29. The Morgan fingerprint density at radius 3 is 2.82 bits per heavy atom. The maximum atomic E-state index is 12.2. The Morgan fingerprint density at radius 1 is 1.50 bits per heavy atom. The monoisotopic (exact) mass is 366 g/mol. The Hall–Kier alpha value is -1.69. The van der Waals surface area contributed by atoms with Gasteiger partial charge in [0, 0.05) is 16.3 Å². The lowest BCUT2D eigenvalue weighted by molar-refractivity contribution is -0.167. The molecule has 1 aliphatic rings. The van der Waals surface area contributed by atoms with Gasteiger partial charge in [-0.3, -0.25) is 0 Å². The molecule has 1 aliphatic heterocycles. The highest BCUT2D eigenvalue weighted by Gasteiger charge is 2.46. The van der Waals surface area contributed by atoms with Crippen LogP contribution in [0.15, 0.2) is 39.0 Å². The van der Waals surface area contributed by atoms with E-state index in [1.807, 2.05) is 45.0 Å². The van der Waals surface area contributed by atoms with E-state index in [0.717, 1.165) is 15.7 Å². The fraction of sp³-hybridized carbons (Fsp3) is 0.438. The Labute approximate surface area is 138 Å². The average molecular weight is 367 g/mol. The van der Waals surface area contributed by atoms with Gasteiger partial charge in [-0.2, -0.15) is 0 Å². The van der Waals surface area contributed by atoms with Gasteiger partial charge in [0.1, 0.15) is 0 Å². The second-order valence-corrected chi connectivity index (χ2v) is 7.37. The molecular weight excluding hydrogens is 348 g/mol. The lowest BCUT2D eigenvalue weighted by atomic mass is 9.84. The molecule has 0 saturated heterocycles. The molecule has 0 aliphatic carbocycles. The van der Waals surface area contributed by atoms with Crippen LogP contribution in [0.1, 0.15) is 39.7 Å². The molecule has 0 spiro atoms. The summed E-state index contributed by atoms with van der Waals surface area (Å²) in [6.45, 7) is 7.74. The minimum atomic E-state index is -1.11. The van der Waals surface area contributed by atoms with E-state index in [2.05, 4.69) is 26.2 Å². The number of hydrogen-bond donors (Lipinski definition) is 0. The van der Waals surface area contributed by atoms with Crippen molar-refractivity contribution in [2.24, 2.45) is 15.7 Å². The number of halogens is 1. The van der Waals surface area contributed by atoms with Gasteiger partial charge in [0.25, 0.3) is 0 Å². The summed E-state index contributed by atoms with van der Waals surface area (Å²) < 4.78 is 0.928. The molecular formula is C16H19BrN2O3. The predicted molar refractivity (Wildman–Crippen MR) is 88.8 cm³/mol. The first-order valence-electron chi connectivity index (χ1n) is 6.97. The van der Waals surface area contributed by atoms with E-state index in [-0.39, 0.29) is 5.41 Å². The highest BCUT2D eigenvalue weighted by Crippen LogP contribution is 2.32. The van der Waals surface area contributed by atoms with Gasteiger partial charge in [0.15, 0.2) is 0 Å². The molecule has 6 heteroatoms. The van der Waals surface area contributed by atoms with Gasteiger partial charge in [-0.1, -0.05) is 59.1 Å². The summed E-state index contributed by atoms with van der Waals surface area (Å²) in [7, 11) is 0. The van der Waals surface area contributed by atoms with Crippen LogP contribution in [-0.4, -0.2) is 23.5 Å². The fourth-order valence-electron chi connectivity index (χ4n) is 1.87. The van der Waals surface area contributed by atoms with E-state index >= 15 is 0 Å². The van der Waals surface area contributed by atoms with Gasteiger partial charge in [-0.15, -0.1) is 0 Å². The lowest BCUT2D eigenvalue weighted by Gasteiger charge is -2.20. The smallest absolute Gasteiger partial charge is 0.377 e. The molecule has 0 N–H and O–H groups in total. The van der Waals surface area contributed by atoms with Crippen molar-refractivity contribution in [1.29, 1.82) is 0 Å². The quantitative estimate of drug-likeness (QED) is 0.462. The Morgan fingerprint density at radius 2 is 2.23 bits per heavy atom. The van der Waals surface area contributed by atoms with Crippen molar-refractivity contribution < 1.29 is 14.5 Å². The van der Waals surface area contributed by atoms with Crippen LogP contribution >= 0.6 is 15.9 Å². The van der Waals surface area contributed by atoms with Crippen molar-refractivity contribution in [3.05, 3.63) is 34.3 Å². The zero-order valence-electron chi connectivity index (χ0n) is 13.1. The summed E-state index contributed by atoms with van der Waals surface area (Å²) in [6, 6.07) is 7.50. The standard InChI is InChI=1S/C16H19BrN2O3/c1-15(2,3)13-9-16(4,22-19-13)14(20)21-18-10-11-6-5-7-12(17)8-11/h5-8,10H,9H2,1-4H3/b18-10+. The number of carbonyl (C=O) groups is 1. The first-order chi connectivity index (χ1) is 10.2. The SMILES string of the molecule is CC(C)(C)C1=NOC(C)(C(=O)O/N=C/c2cccc(Br)c2)C1. The minimum absolute atomic E-state index is 0.141. The van der Waals surface area contributed by atoms with Gasteiger partial charge in [0.2, 0.25) is 5.60 Å². The first kappa shape index (κ1) is 16.7. The molecule has 22 heavy (non-hydrogen) atoms. The molecule has 2 rings (SSSR count). The van der Waals surface area contributed by atoms with Crippen LogP contribution in [0.4, 0.5) is 0 Å². The van der Waals surface area contributed by atoms with Crippen molar-refractivity contribution in [1.82, 2.24) is 0 Å². The number of benzene rings is 1. The zero-order valence-corrected chi connectivity index (χ0v) is 14.7. The molecule has 0 fully saturated rings. The van der Waals surface area contributed by atoms with Crippen LogP contribution in [0.25, 0.3) is 0 Å². The second kappa shape index (κ2) is 6.20. The number of hydrogen-bond acceptors (Lipinski definition) is 5. The zero-order chi connectivity index (χ0) is 16.4. The number of carbonyl (C=O) groups excluding carboxylic acids is 1. The lowest BCUT2D eigenvalue weighted by Crippen LogP contribution is -2.37.